The standard InChI is InChI=1S/C26H26F2N2O2/c27-21-1-3-25-23(14-21)20(16-29-25)13-18-5-8-30(9-6-18)10-12-32-26-4-2-22(28)15-24(26)19-7-11-31-17-19/h1-4,7,11,14-18,29H,5-6,8-10,12-13H2. The summed E-state index contributed by atoms with van der Waals surface area (Å²) in [6.07, 6.45) is 8.37. The van der Waals surface area contributed by atoms with Crippen molar-refractivity contribution in [1.82, 2.24) is 9.88 Å². The topological polar surface area (TPSA) is 41.4 Å². The Morgan fingerprint density at radius 1 is 1.03 bits per heavy atom. The lowest BCUT2D eigenvalue weighted by Gasteiger charge is -2.31. The third-order valence-corrected chi connectivity index (χ3v) is 6.38. The molecule has 3 heterocycles. The first-order chi connectivity index (χ1) is 15.7. The van der Waals surface area contributed by atoms with Crippen LogP contribution in [0.1, 0.15) is 18.4 Å². The fourth-order valence-electron chi connectivity index (χ4n) is 4.60. The van der Waals surface area contributed by atoms with Crippen molar-refractivity contribution in [3.05, 3.63) is 78.4 Å². The van der Waals surface area contributed by atoms with E-state index in [0.29, 0.717) is 23.8 Å². The van der Waals surface area contributed by atoms with Crippen molar-refractivity contribution < 1.29 is 17.9 Å². The second kappa shape index (κ2) is 9.17. The molecule has 1 saturated heterocycles. The molecule has 2 aromatic heterocycles. The lowest BCUT2D eigenvalue weighted by atomic mass is 9.90. The van der Waals surface area contributed by atoms with Gasteiger partial charge in [-0.15, -0.1) is 0 Å². The molecular weight excluding hydrogens is 410 g/mol. The fraction of sp³-hybridized carbons (Fsp3) is 0.308. The Hall–Kier alpha value is -3.12. The summed E-state index contributed by atoms with van der Waals surface area (Å²) in [7, 11) is 0. The molecule has 0 amide bonds. The van der Waals surface area contributed by atoms with Crippen LogP contribution in [0.15, 0.2) is 65.6 Å². The highest BCUT2D eigenvalue weighted by Crippen LogP contribution is 2.31. The average Bonchev–Trinajstić information content (AvgIpc) is 3.46. The van der Waals surface area contributed by atoms with Crippen molar-refractivity contribution in [3.63, 3.8) is 0 Å². The summed E-state index contributed by atoms with van der Waals surface area (Å²) < 4.78 is 38.5. The normalized spacial score (nSPS) is 15.4. The van der Waals surface area contributed by atoms with Crippen LogP contribution in [0.4, 0.5) is 8.78 Å². The van der Waals surface area contributed by atoms with Gasteiger partial charge >= 0.3 is 0 Å². The highest BCUT2D eigenvalue weighted by Gasteiger charge is 2.21. The van der Waals surface area contributed by atoms with Gasteiger partial charge in [0.25, 0.3) is 0 Å². The molecule has 1 aliphatic heterocycles. The van der Waals surface area contributed by atoms with Crippen LogP contribution in [0.3, 0.4) is 0 Å². The van der Waals surface area contributed by atoms with E-state index in [0.717, 1.165) is 55.4 Å². The first-order valence-electron chi connectivity index (χ1n) is 11.1. The summed E-state index contributed by atoms with van der Waals surface area (Å²) in [5, 5.41) is 0.994. The molecule has 32 heavy (non-hydrogen) atoms. The Balaban J connectivity index is 1.13. The monoisotopic (exact) mass is 436 g/mol. The minimum atomic E-state index is -0.298. The smallest absolute Gasteiger partial charge is 0.127 e. The van der Waals surface area contributed by atoms with E-state index in [1.165, 1.54) is 23.8 Å². The minimum Gasteiger partial charge on any atom is -0.492 e. The van der Waals surface area contributed by atoms with Crippen molar-refractivity contribution in [2.24, 2.45) is 5.92 Å². The highest BCUT2D eigenvalue weighted by atomic mass is 19.1. The molecule has 0 radical (unpaired) electrons. The summed E-state index contributed by atoms with van der Waals surface area (Å²) in [4.78, 5) is 5.66. The molecule has 0 aliphatic carbocycles. The van der Waals surface area contributed by atoms with Crippen LogP contribution in [0.5, 0.6) is 5.75 Å². The van der Waals surface area contributed by atoms with Crippen molar-refractivity contribution in [2.75, 3.05) is 26.2 Å². The Morgan fingerprint density at radius 2 is 1.84 bits per heavy atom. The zero-order chi connectivity index (χ0) is 21.9. The van der Waals surface area contributed by atoms with E-state index >= 15 is 0 Å². The molecule has 0 unspecified atom stereocenters. The fourth-order valence-corrected chi connectivity index (χ4v) is 4.60. The van der Waals surface area contributed by atoms with Crippen molar-refractivity contribution >= 4 is 10.9 Å². The molecule has 4 nitrogen and oxygen atoms in total. The second-order valence-electron chi connectivity index (χ2n) is 8.49. The number of nitrogens with zero attached hydrogens (tertiary/aromatic N) is 1. The number of piperidine rings is 1. The Bertz CT molecular complexity index is 1180. The molecule has 1 aliphatic rings. The first kappa shape index (κ1) is 20.8. The molecule has 4 aromatic rings. The van der Waals surface area contributed by atoms with Gasteiger partial charge in [-0.25, -0.2) is 8.78 Å². The van der Waals surface area contributed by atoms with E-state index in [2.05, 4.69) is 9.88 Å². The zero-order valence-corrected chi connectivity index (χ0v) is 17.8. The Labute approximate surface area is 185 Å². The van der Waals surface area contributed by atoms with Crippen LogP contribution in [0, 0.1) is 17.6 Å². The number of hydrogen-bond donors (Lipinski definition) is 1. The van der Waals surface area contributed by atoms with Gasteiger partial charge in [-0.3, -0.25) is 4.90 Å². The number of aromatic amines is 1. The number of likely N-dealkylation sites (tertiary alicyclic amines) is 1. The number of benzene rings is 2. The Morgan fingerprint density at radius 3 is 2.66 bits per heavy atom. The van der Waals surface area contributed by atoms with Crippen molar-refractivity contribution in [1.29, 1.82) is 0 Å². The van der Waals surface area contributed by atoms with E-state index < -0.39 is 0 Å². The van der Waals surface area contributed by atoms with Gasteiger partial charge in [0.05, 0.1) is 12.5 Å². The lowest BCUT2D eigenvalue weighted by molar-refractivity contribution is 0.155. The summed E-state index contributed by atoms with van der Waals surface area (Å²) >= 11 is 0. The van der Waals surface area contributed by atoms with Gasteiger partial charge in [-0.05, 0) is 86.3 Å². The molecule has 1 N–H and O–H groups in total. The maximum Gasteiger partial charge on any atom is 0.127 e. The van der Waals surface area contributed by atoms with Crippen molar-refractivity contribution in [3.8, 4) is 16.9 Å². The SMILES string of the molecule is Fc1ccc(OCCN2CCC(Cc3c[nH]c4ccc(F)cc34)CC2)c(-c2ccoc2)c1. The third-order valence-electron chi connectivity index (χ3n) is 6.38. The van der Waals surface area contributed by atoms with Gasteiger partial charge in [0.2, 0.25) is 0 Å². The number of furan rings is 1. The summed E-state index contributed by atoms with van der Waals surface area (Å²) in [6, 6.07) is 11.3. The zero-order valence-electron chi connectivity index (χ0n) is 17.8. The molecule has 5 rings (SSSR count). The number of rotatable bonds is 7. The van der Waals surface area contributed by atoms with E-state index in [9.17, 15) is 8.78 Å². The average molecular weight is 437 g/mol. The van der Waals surface area contributed by atoms with Crippen LogP contribution in [-0.4, -0.2) is 36.1 Å². The predicted molar refractivity (Wildman–Crippen MR) is 121 cm³/mol. The molecule has 0 saturated carbocycles. The van der Waals surface area contributed by atoms with Gasteiger partial charge in [0.1, 0.15) is 24.0 Å². The summed E-state index contributed by atoms with van der Waals surface area (Å²) in [6.45, 7) is 3.40. The van der Waals surface area contributed by atoms with Crippen LogP contribution in [0.25, 0.3) is 22.0 Å². The highest BCUT2D eigenvalue weighted by molar-refractivity contribution is 5.83. The molecular formula is C26H26F2N2O2. The number of ether oxygens (including phenoxy) is 1. The van der Waals surface area contributed by atoms with E-state index in [1.54, 1.807) is 36.8 Å². The summed E-state index contributed by atoms with van der Waals surface area (Å²) in [5.41, 5.74) is 3.70. The number of fused-ring (bicyclic) bond motifs is 1. The first-order valence-corrected chi connectivity index (χ1v) is 11.1. The van der Waals surface area contributed by atoms with E-state index in [-0.39, 0.29) is 11.6 Å². The van der Waals surface area contributed by atoms with Gasteiger partial charge < -0.3 is 14.1 Å². The molecule has 2 aromatic carbocycles. The van der Waals surface area contributed by atoms with Crippen LogP contribution < -0.4 is 4.74 Å². The molecule has 0 atom stereocenters. The quantitative estimate of drug-likeness (QED) is 0.384. The van der Waals surface area contributed by atoms with Gasteiger partial charge in [0, 0.05) is 34.8 Å². The maximum atomic E-state index is 13.7. The number of aromatic nitrogens is 1. The van der Waals surface area contributed by atoms with Crippen LogP contribution in [-0.2, 0) is 6.42 Å². The van der Waals surface area contributed by atoms with Gasteiger partial charge in [-0.1, -0.05) is 0 Å². The van der Waals surface area contributed by atoms with Crippen LogP contribution in [0.2, 0.25) is 0 Å². The summed E-state index contributed by atoms with van der Waals surface area (Å²) in [5.74, 6) is 0.771. The predicted octanol–water partition coefficient (Wildman–Crippen LogP) is 6.04. The van der Waals surface area contributed by atoms with Crippen molar-refractivity contribution in [2.45, 2.75) is 19.3 Å². The van der Waals surface area contributed by atoms with Crippen LogP contribution >= 0.6 is 0 Å². The van der Waals surface area contributed by atoms with E-state index in [4.69, 9.17) is 9.15 Å². The largest absolute Gasteiger partial charge is 0.492 e. The number of hydrogen-bond acceptors (Lipinski definition) is 3. The lowest BCUT2D eigenvalue weighted by Crippen LogP contribution is -2.37. The minimum absolute atomic E-state index is 0.190. The van der Waals surface area contributed by atoms with E-state index in [1.807, 2.05) is 6.20 Å². The molecule has 166 valence electrons. The molecule has 0 spiro atoms. The molecule has 1 fully saturated rings. The Kier molecular flexibility index (Phi) is 5.95. The second-order valence-corrected chi connectivity index (χ2v) is 8.49. The molecule has 0 bridgehead atoms. The van der Waals surface area contributed by atoms with Gasteiger partial charge in [0.15, 0.2) is 0 Å². The third kappa shape index (κ3) is 4.55. The number of nitrogens with one attached hydrogen (secondary N) is 1. The number of halogens is 2. The molecule has 6 heteroatoms. The van der Waals surface area contributed by atoms with Gasteiger partial charge in [-0.2, -0.15) is 0 Å². The number of H-pyrrole nitrogens is 1. The maximum absolute atomic E-state index is 13.7.